The molecule has 38 heavy (non-hydrogen) atoms. The minimum atomic E-state index is -0.296. The second-order valence-corrected chi connectivity index (χ2v) is 10.2. The third kappa shape index (κ3) is 4.06. The molecule has 5 heterocycles. The highest BCUT2D eigenvalue weighted by Crippen LogP contribution is 2.34. The maximum absolute atomic E-state index is 13.4. The number of carbonyl (C=O) groups excluding carboxylic acids is 1. The molecule has 1 amide bonds. The minimum absolute atomic E-state index is 0.194. The molecule has 0 bridgehead atoms. The van der Waals surface area contributed by atoms with Crippen LogP contribution in [0.4, 0.5) is 17.5 Å². The molecule has 12 heteroatoms. The second-order valence-electron chi connectivity index (χ2n) is 10.2. The van der Waals surface area contributed by atoms with Crippen molar-refractivity contribution in [1.29, 1.82) is 0 Å². The van der Waals surface area contributed by atoms with Gasteiger partial charge in [0.1, 0.15) is 11.5 Å². The van der Waals surface area contributed by atoms with Crippen molar-refractivity contribution in [3.63, 3.8) is 0 Å². The monoisotopic (exact) mass is 513 g/mol. The Morgan fingerprint density at radius 3 is 2.68 bits per heavy atom. The number of tetrazole rings is 1. The number of benzene rings is 1. The summed E-state index contributed by atoms with van der Waals surface area (Å²) in [5.41, 5.74) is 4.77. The summed E-state index contributed by atoms with van der Waals surface area (Å²) in [5.74, 6) is 1.35. The number of hydrogen-bond acceptors (Lipinski definition) is 9. The van der Waals surface area contributed by atoms with Gasteiger partial charge in [-0.2, -0.15) is 5.10 Å². The summed E-state index contributed by atoms with van der Waals surface area (Å²) < 4.78 is 1.65. The summed E-state index contributed by atoms with van der Waals surface area (Å²) >= 11 is 0. The van der Waals surface area contributed by atoms with Crippen LogP contribution in [0.2, 0.25) is 0 Å². The van der Waals surface area contributed by atoms with Crippen LogP contribution >= 0.6 is 0 Å². The van der Waals surface area contributed by atoms with Crippen molar-refractivity contribution in [1.82, 2.24) is 40.7 Å². The molecule has 2 aliphatic rings. The van der Waals surface area contributed by atoms with E-state index in [1.54, 1.807) is 4.68 Å². The number of pyridine rings is 1. The van der Waals surface area contributed by atoms with Crippen molar-refractivity contribution in [3.8, 4) is 11.3 Å². The zero-order chi connectivity index (χ0) is 26.6. The van der Waals surface area contributed by atoms with Crippen LogP contribution in [-0.2, 0) is 4.79 Å². The SMILES string of the molecule is CC1=C(C(=O)Nc2ccc3[nH]nc(-c4ccnc(N5C[C@@H](C)N[C@@H](C)C5)c4)c3c2)[C@@H](C)n2nnnc2N1C. The van der Waals surface area contributed by atoms with Gasteiger partial charge in [-0.15, -0.1) is 0 Å². The fourth-order valence-electron chi connectivity index (χ4n) is 5.53. The van der Waals surface area contributed by atoms with Gasteiger partial charge in [-0.1, -0.05) is 5.10 Å². The van der Waals surface area contributed by atoms with Crippen LogP contribution in [0.3, 0.4) is 0 Å². The van der Waals surface area contributed by atoms with E-state index in [2.05, 4.69) is 66.2 Å². The van der Waals surface area contributed by atoms with E-state index in [-0.39, 0.29) is 11.9 Å². The number of rotatable bonds is 4. The zero-order valence-electron chi connectivity index (χ0n) is 22.1. The standard InChI is InChI=1S/C26H31N11O/c1-14-12-36(13-15(2)28-14)22-10-18(8-9-27-22)24-20-11-19(6-7-21(20)30-31-24)29-25(38)23-16(3)35(5)26-32-33-34-37(26)17(23)4/h6-11,14-15,17,28H,12-13H2,1-5H3,(H,29,38)(H,30,31)/t14-,15+,17-/m1/s1. The summed E-state index contributed by atoms with van der Waals surface area (Å²) in [5, 5.41) is 27.2. The Bertz CT molecular complexity index is 1540. The first-order chi connectivity index (χ1) is 18.3. The fourth-order valence-corrected chi connectivity index (χ4v) is 5.53. The first-order valence-corrected chi connectivity index (χ1v) is 12.8. The van der Waals surface area contributed by atoms with Crippen LogP contribution in [0.5, 0.6) is 0 Å². The van der Waals surface area contributed by atoms with Crippen molar-refractivity contribution in [2.24, 2.45) is 0 Å². The number of fused-ring (bicyclic) bond motifs is 2. The number of piperazine rings is 1. The molecule has 3 N–H and O–H groups in total. The van der Waals surface area contributed by atoms with E-state index in [0.29, 0.717) is 29.3 Å². The number of aromatic nitrogens is 7. The highest BCUT2D eigenvalue weighted by molar-refractivity contribution is 6.07. The minimum Gasteiger partial charge on any atom is -0.354 e. The topological polar surface area (TPSA) is 133 Å². The Morgan fingerprint density at radius 1 is 1.11 bits per heavy atom. The van der Waals surface area contributed by atoms with Gasteiger partial charge < -0.3 is 20.4 Å². The maximum atomic E-state index is 13.4. The molecule has 0 radical (unpaired) electrons. The van der Waals surface area contributed by atoms with Crippen LogP contribution in [0, 0.1) is 0 Å². The molecule has 6 rings (SSSR count). The van der Waals surface area contributed by atoms with Gasteiger partial charge in [-0.25, -0.2) is 9.67 Å². The lowest BCUT2D eigenvalue weighted by Gasteiger charge is -2.37. The summed E-state index contributed by atoms with van der Waals surface area (Å²) in [6.45, 7) is 10.00. The smallest absolute Gasteiger partial charge is 0.255 e. The van der Waals surface area contributed by atoms with E-state index < -0.39 is 0 Å². The van der Waals surface area contributed by atoms with Crippen LogP contribution in [0.1, 0.15) is 33.7 Å². The van der Waals surface area contributed by atoms with Gasteiger partial charge in [0.15, 0.2) is 0 Å². The van der Waals surface area contributed by atoms with Gasteiger partial charge in [0.25, 0.3) is 5.91 Å². The van der Waals surface area contributed by atoms with Crippen molar-refractivity contribution in [2.75, 3.05) is 35.3 Å². The fraction of sp³-hybridized carbons (Fsp3) is 0.385. The lowest BCUT2D eigenvalue weighted by molar-refractivity contribution is -0.113. The van der Waals surface area contributed by atoms with E-state index in [4.69, 9.17) is 0 Å². The molecule has 1 aromatic carbocycles. The average molecular weight is 514 g/mol. The molecular formula is C26H31N11O. The quantitative estimate of drug-likeness (QED) is 0.377. The van der Waals surface area contributed by atoms with Gasteiger partial charge in [0.2, 0.25) is 5.95 Å². The Hall–Kier alpha value is -4.32. The molecule has 0 saturated carbocycles. The van der Waals surface area contributed by atoms with E-state index in [9.17, 15) is 4.79 Å². The van der Waals surface area contributed by atoms with Gasteiger partial charge in [0, 0.05) is 60.8 Å². The molecule has 1 fully saturated rings. The molecule has 0 aliphatic carbocycles. The Labute approximate surface area is 220 Å². The van der Waals surface area contributed by atoms with E-state index in [1.807, 2.05) is 56.3 Å². The number of carbonyl (C=O) groups is 1. The largest absolute Gasteiger partial charge is 0.354 e. The van der Waals surface area contributed by atoms with E-state index >= 15 is 0 Å². The second kappa shape index (κ2) is 9.21. The number of amides is 1. The van der Waals surface area contributed by atoms with Crippen LogP contribution in [-0.4, -0.2) is 73.5 Å². The van der Waals surface area contributed by atoms with Gasteiger partial charge in [0.05, 0.1) is 17.1 Å². The highest BCUT2D eigenvalue weighted by atomic mass is 16.1. The van der Waals surface area contributed by atoms with Crippen molar-refractivity contribution >= 4 is 34.3 Å². The molecule has 12 nitrogen and oxygen atoms in total. The Morgan fingerprint density at radius 2 is 1.89 bits per heavy atom. The average Bonchev–Trinajstić information content (AvgIpc) is 3.55. The predicted octanol–water partition coefficient (Wildman–Crippen LogP) is 2.72. The van der Waals surface area contributed by atoms with Crippen LogP contribution in [0.15, 0.2) is 47.8 Å². The van der Waals surface area contributed by atoms with Crippen LogP contribution < -0.4 is 20.4 Å². The lowest BCUT2D eigenvalue weighted by Crippen LogP contribution is -2.54. The predicted molar refractivity (Wildman–Crippen MR) is 146 cm³/mol. The Balaban J connectivity index is 1.29. The lowest BCUT2D eigenvalue weighted by atomic mass is 10.0. The van der Waals surface area contributed by atoms with Gasteiger partial charge in [-0.05, 0) is 68.5 Å². The summed E-state index contributed by atoms with van der Waals surface area (Å²) in [6.07, 6.45) is 1.83. The third-order valence-corrected chi connectivity index (χ3v) is 7.42. The third-order valence-electron chi connectivity index (χ3n) is 7.42. The number of nitrogens with one attached hydrogen (secondary N) is 3. The van der Waals surface area contributed by atoms with E-state index in [1.165, 1.54) is 0 Å². The number of H-pyrrole nitrogens is 1. The molecular weight excluding hydrogens is 482 g/mol. The molecule has 196 valence electrons. The van der Waals surface area contributed by atoms with Crippen molar-refractivity contribution in [2.45, 2.75) is 45.8 Å². The molecule has 3 aromatic heterocycles. The molecule has 0 unspecified atom stereocenters. The molecule has 2 aliphatic heterocycles. The normalized spacial score (nSPS) is 21.7. The molecule has 3 atom stereocenters. The van der Waals surface area contributed by atoms with Gasteiger partial charge in [-0.3, -0.25) is 9.89 Å². The molecule has 1 saturated heterocycles. The van der Waals surface area contributed by atoms with Gasteiger partial charge >= 0.3 is 0 Å². The van der Waals surface area contributed by atoms with Crippen molar-refractivity contribution < 1.29 is 4.79 Å². The Kier molecular flexibility index (Phi) is 5.83. The highest BCUT2D eigenvalue weighted by Gasteiger charge is 2.32. The number of allylic oxidation sites excluding steroid dienone is 1. The van der Waals surface area contributed by atoms with E-state index in [0.717, 1.165) is 46.8 Å². The number of anilines is 3. The number of nitrogens with zero attached hydrogens (tertiary/aromatic N) is 8. The summed E-state index contributed by atoms with van der Waals surface area (Å²) in [4.78, 5) is 22.2. The van der Waals surface area contributed by atoms with Crippen LogP contribution in [0.25, 0.3) is 22.2 Å². The molecule has 4 aromatic rings. The zero-order valence-corrected chi connectivity index (χ0v) is 22.1. The maximum Gasteiger partial charge on any atom is 0.255 e. The summed E-state index contributed by atoms with van der Waals surface area (Å²) in [7, 11) is 1.85. The summed E-state index contributed by atoms with van der Waals surface area (Å²) in [6, 6.07) is 10.3. The molecule has 0 spiro atoms. The van der Waals surface area contributed by atoms with Crippen molar-refractivity contribution in [3.05, 3.63) is 47.8 Å². The number of aromatic amines is 1. The first-order valence-electron chi connectivity index (χ1n) is 12.8. The number of hydrogen-bond donors (Lipinski definition) is 3. The first kappa shape index (κ1) is 24.0.